The van der Waals surface area contributed by atoms with Crippen LogP contribution in [0.1, 0.15) is 29.2 Å². The summed E-state index contributed by atoms with van der Waals surface area (Å²) in [5, 5.41) is 2.88. The quantitative estimate of drug-likeness (QED) is 0.201. The van der Waals surface area contributed by atoms with Crippen LogP contribution in [0.15, 0.2) is 112 Å². The summed E-state index contributed by atoms with van der Waals surface area (Å²) in [6, 6.07) is 29.5. The molecular weight excluding hydrogens is 626 g/mol. The van der Waals surface area contributed by atoms with Crippen LogP contribution in [0.3, 0.4) is 0 Å². The van der Waals surface area contributed by atoms with Crippen molar-refractivity contribution in [3.8, 4) is 0 Å². The first-order valence-electron chi connectivity index (χ1n) is 14.1. The average molecular weight is 663 g/mol. The summed E-state index contributed by atoms with van der Waals surface area (Å²) < 4.78 is 30.1. The number of halogens is 1. The second kappa shape index (κ2) is 14.5. The predicted octanol–water partition coefficient (Wildman–Crippen LogP) is 6.04. The average Bonchev–Trinajstić information content (AvgIpc) is 3.01. The number of benzene rings is 4. The van der Waals surface area contributed by atoms with Gasteiger partial charge in [0.1, 0.15) is 12.6 Å². The fourth-order valence-corrected chi connectivity index (χ4v) is 6.45. The molecule has 1 atom stereocenters. The Labute approximate surface area is 262 Å². The third-order valence-corrected chi connectivity index (χ3v) is 9.59. The minimum atomic E-state index is -4.13. The Bertz CT molecular complexity index is 1650. The monoisotopic (exact) mass is 661 g/mol. The Balaban J connectivity index is 1.80. The Morgan fingerprint density at radius 2 is 1.44 bits per heavy atom. The second-order valence-corrected chi connectivity index (χ2v) is 13.1. The Morgan fingerprint density at radius 3 is 2.05 bits per heavy atom. The van der Waals surface area contributed by atoms with Gasteiger partial charge in [0.15, 0.2) is 0 Å². The van der Waals surface area contributed by atoms with E-state index < -0.39 is 28.5 Å². The van der Waals surface area contributed by atoms with Gasteiger partial charge in [0.2, 0.25) is 11.8 Å². The van der Waals surface area contributed by atoms with Gasteiger partial charge in [-0.05, 0) is 79.4 Å². The smallest absolute Gasteiger partial charge is 0.264 e. The van der Waals surface area contributed by atoms with E-state index in [-0.39, 0.29) is 23.8 Å². The molecule has 4 aromatic carbocycles. The van der Waals surface area contributed by atoms with Crippen molar-refractivity contribution in [1.29, 1.82) is 0 Å². The molecule has 4 rings (SSSR count). The zero-order chi connectivity index (χ0) is 31.0. The molecule has 0 unspecified atom stereocenters. The molecule has 0 radical (unpaired) electrons. The maximum absolute atomic E-state index is 14.4. The summed E-state index contributed by atoms with van der Waals surface area (Å²) in [6.07, 6.45) is 0.268. The maximum atomic E-state index is 14.4. The number of rotatable bonds is 12. The summed E-state index contributed by atoms with van der Waals surface area (Å²) in [6.45, 7) is 5.70. The van der Waals surface area contributed by atoms with Crippen molar-refractivity contribution in [1.82, 2.24) is 10.2 Å². The van der Waals surface area contributed by atoms with Crippen LogP contribution in [0.25, 0.3) is 0 Å². The van der Waals surface area contributed by atoms with Crippen LogP contribution >= 0.6 is 15.9 Å². The molecule has 7 nitrogen and oxygen atoms in total. The van der Waals surface area contributed by atoms with Crippen LogP contribution in [0, 0.1) is 13.8 Å². The first-order valence-corrected chi connectivity index (χ1v) is 16.3. The van der Waals surface area contributed by atoms with Crippen molar-refractivity contribution >= 4 is 43.5 Å². The number of amides is 2. The van der Waals surface area contributed by atoms with Crippen LogP contribution in [0.4, 0.5) is 5.69 Å². The molecular formula is C34H36BrN3O4S. The number of aryl methyl sites for hydroxylation is 2. The van der Waals surface area contributed by atoms with E-state index in [1.54, 1.807) is 30.3 Å². The first-order chi connectivity index (χ1) is 20.6. The van der Waals surface area contributed by atoms with Crippen molar-refractivity contribution in [3.63, 3.8) is 0 Å². The van der Waals surface area contributed by atoms with Gasteiger partial charge in [0.05, 0.1) is 10.6 Å². The van der Waals surface area contributed by atoms with E-state index in [0.29, 0.717) is 12.2 Å². The summed E-state index contributed by atoms with van der Waals surface area (Å²) in [5.41, 5.74) is 3.97. The lowest BCUT2D eigenvalue weighted by Gasteiger charge is -2.34. The van der Waals surface area contributed by atoms with Gasteiger partial charge in [-0.25, -0.2) is 8.42 Å². The molecule has 1 N–H and O–H groups in total. The fourth-order valence-electron chi connectivity index (χ4n) is 4.76. The van der Waals surface area contributed by atoms with Crippen molar-refractivity contribution < 1.29 is 18.0 Å². The highest BCUT2D eigenvalue weighted by atomic mass is 79.9. The van der Waals surface area contributed by atoms with Crippen LogP contribution < -0.4 is 9.62 Å². The number of carbonyl (C=O) groups excluding carboxylic acids is 2. The molecule has 0 heterocycles. The molecule has 0 saturated heterocycles. The van der Waals surface area contributed by atoms with Crippen LogP contribution in [0.5, 0.6) is 0 Å². The van der Waals surface area contributed by atoms with E-state index in [9.17, 15) is 18.0 Å². The molecule has 0 aromatic heterocycles. The topological polar surface area (TPSA) is 86.8 Å². The Hall–Kier alpha value is -3.95. The molecule has 0 bridgehead atoms. The lowest BCUT2D eigenvalue weighted by atomic mass is 10.0. The molecule has 0 spiro atoms. The number of sulfonamides is 1. The number of anilines is 1. The molecule has 224 valence electrons. The van der Waals surface area contributed by atoms with Gasteiger partial charge in [0.25, 0.3) is 10.0 Å². The van der Waals surface area contributed by atoms with Gasteiger partial charge < -0.3 is 10.2 Å². The summed E-state index contributed by atoms with van der Waals surface area (Å²) in [5.74, 6) is -0.798. The van der Waals surface area contributed by atoms with Crippen molar-refractivity contribution in [2.45, 2.75) is 44.7 Å². The highest BCUT2D eigenvalue weighted by Crippen LogP contribution is 2.27. The minimum absolute atomic E-state index is 0.0741. The molecule has 0 aliphatic carbocycles. The third kappa shape index (κ3) is 8.12. The standard InChI is InChI=1S/C34H36BrN3O4S/c1-4-36-34(40)32(22-27-11-7-5-8-12-27)37(23-28-16-18-29(35)19-17-28)33(39)24-38(30-20-15-25(2)26(3)21-30)43(41,42)31-13-9-6-10-14-31/h5-21,32H,4,22-24H2,1-3H3,(H,36,40)/t32-/m0/s1. The van der Waals surface area contributed by atoms with Gasteiger partial charge in [-0.2, -0.15) is 0 Å². The van der Waals surface area contributed by atoms with Crippen LogP contribution in [-0.2, 0) is 32.6 Å². The predicted molar refractivity (Wildman–Crippen MR) is 174 cm³/mol. The largest absolute Gasteiger partial charge is 0.355 e. The van der Waals surface area contributed by atoms with Crippen LogP contribution in [0.2, 0.25) is 0 Å². The maximum Gasteiger partial charge on any atom is 0.264 e. The van der Waals surface area contributed by atoms with Gasteiger partial charge in [-0.3, -0.25) is 13.9 Å². The third-order valence-electron chi connectivity index (χ3n) is 7.28. The summed E-state index contributed by atoms with van der Waals surface area (Å²) >= 11 is 3.45. The number of carbonyl (C=O) groups is 2. The number of nitrogens with zero attached hydrogens (tertiary/aromatic N) is 2. The zero-order valence-corrected chi connectivity index (χ0v) is 26.9. The van der Waals surface area contributed by atoms with E-state index in [0.717, 1.165) is 31.0 Å². The fraction of sp³-hybridized carbons (Fsp3) is 0.235. The summed E-state index contributed by atoms with van der Waals surface area (Å²) in [7, 11) is -4.13. The number of nitrogens with one attached hydrogen (secondary N) is 1. The number of hydrogen-bond acceptors (Lipinski definition) is 4. The summed E-state index contributed by atoms with van der Waals surface area (Å²) in [4.78, 5) is 29.5. The minimum Gasteiger partial charge on any atom is -0.355 e. The molecule has 2 amide bonds. The molecule has 0 fully saturated rings. The molecule has 9 heteroatoms. The van der Waals surface area contributed by atoms with E-state index in [2.05, 4.69) is 21.2 Å². The normalized spacial score (nSPS) is 11.9. The zero-order valence-electron chi connectivity index (χ0n) is 24.5. The van der Waals surface area contributed by atoms with Gasteiger partial charge in [-0.15, -0.1) is 0 Å². The molecule has 43 heavy (non-hydrogen) atoms. The first kappa shape index (κ1) is 32.0. The van der Waals surface area contributed by atoms with Gasteiger partial charge in [0, 0.05) is 24.0 Å². The number of likely N-dealkylation sites (N-methyl/N-ethyl adjacent to an activating group) is 1. The van der Waals surface area contributed by atoms with E-state index in [1.807, 2.05) is 81.4 Å². The van der Waals surface area contributed by atoms with Crippen molar-refractivity contribution in [2.24, 2.45) is 0 Å². The number of hydrogen-bond donors (Lipinski definition) is 1. The Morgan fingerprint density at radius 1 is 0.814 bits per heavy atom. The lowest BCUT2D eigenvalue weighted by Crippen LogP contribution is -2.53. The van der Waals surface area contributed by atoms with Crippen molar-refractivity contribution in [2.75, 3.05) is 17.4 Å². The van der Waals surface area contributed by atoms with E-state index in [1.165, 1.54) is 17.0 Å². The van der Waals surface area contributed by atoms with Crippen LogP contribution in [-0.4, -0.2) is 44.3 Å². The van der Waals surface area contributed by atoms with Gasteiger partial charge in [-0.1, -0.05) is 82.7 Å². The molecule has 0 saturated carbocycles. The SMILES string of the molecule is CCNC(=O)[C@H](Cc1ccccc1)N(Cc1ccc(Br)cc1)C(=O)CN(c1ccc(C)c(C)c1)S(=O)(=O)c1ccccc1. The highest BCUT2D eigenvalue weighted by Gasteiger charge is 2.34. The van der Waals surface area contributed by atoms with Gasteiger partial charge >= 0.3 is 0 Å². The van der Waals surface area contributed by atoms with E-state index in [4.69, 9.17) is 0 Å². The molecule has 4 aromatic rings. The molecule has 0 aliphatic rings. The second-order valence-electron chi connectivity index (χ2n) is 10.3. The Kier molecular flexibility index (Phi) is 10.8. The molecule has 0 aliphatic heterocycles. The van der Waals surface area contributed by atoms with E-state index >= 15 is 0 Å². The highest BCUT2D eigenvalue weighted by molar-refractivity contribution is 9.10. The van der Waals surface area contributed by atoms with Crippen molar-refractivity contribution in [3.05, 3.63) is 130 Å². The lowest BCUT2D eigenvalue weighted by molar-refractivity contribution is -0.140.